The SMILES string of the molecule is C[C@@H](OC(=O)[C@@H](O)c1ccccc1)C(=O)Nc1ccc(F)cc1. The minimum Gasteiger partial charge on any atom is -0.450 e. The molecule has 0 saturated heterocycles. The summed E-state index contributed by atoms with van der Waals surface area (Å²) in [6.45, 7) is 1.38. The van der Waals surface area contributed by atoms with Crippen molar-refractivity contribution in [2.24, 2.45) is 0 Å². The molecule has 120 valence electrons. The Morgan fingerprint density at radius 3 is 2.30 bits per heavy atom. The van der Waals surface area contributed by atoms with E-state index in [1.165, 1.54) is 31.2 Å². The number of benzene rings is 2. The van der Waals surface area contributed by atoms with Gasteiger partial charge in [0.05, 0.1) is 0 Å². The second-order valence-corrected chi connectivity index (χ2v) is 4.89. The zero-order chi connectivity index (χ0) is 16.8. The Hall–Kier alpha value is -2.73. The van der Waals surface area contributed by atoms with Gasteiger partial charge in [0.1, 0.15) is 5.82 Å². The summed E-state index contributed by atoms with van der Waals surface area (Å²) in [7, 11) is 0. The quantitative estimate of drug-likeness (QED) is 0.831. The second-order valence-electron chi connectivity index (χ2n) is 4.89. The van der Waals surface area contributed by atoms with Crippen LogP contribution in [0.25, 0.3) is 0 Å². The van der Waals surface area contributed by atoms with Gasteiger partial charge in [-0.2, -0.15) is 0 Å². The molecule has 0 aliphatic rings. The van der Waals surface area contributed by atoms with E-state index in [1.54, 1.807) is 30.3 Å². The van der Waals surface area contributed by atoms with Crippen molar-refractivity contribution in [3.05, 3.63) is 66.0 Å². The number of aliphatic hydroxyl groups excluding tert-OH is 1. The van der Waals surface area contributed by atoms with E-state index in [9.17, 15) is 19.1 Å². The van der Waals surface area contributed by atoms with Crippen LogP contribution in [0.15, 0.2) is 54.6 Å². The van der Waals surface area contributed by atoms with Crippen LogP contribution in [0.4, 0.5) is 10.1 Å². The van der Waals surface area contributed by atoms with E-state index in [-0.39, 0.29) is 0 Å². The average Bonchev–Trinajstić information content (AvgIpc) is 2.56. The fourth-order valence-electron chi connectivity index (χ4n) is 1.84. The lowest BCUT2D eigenvalue weighted by atomic mass is 10.1. The molecular weight excluding hydrogens is 301 g/mol. The maximum atomic E-state index is 12.8. The van der Waals surface area contributed by atoms with Gasteiger partial charge >= 0.3 is 5.97 Å². The highest BCUT2D eigenvalue weighted by molar-refractivity contribution is 5.95. The third kappa shape index (κ3) is 4.62. The molecule has 0 saturated carbocycles. The van der Waals surface area contributed by atoms with Gasteiger partial charge in [0.25, 0.3) is 5.91 Å². The first-order valence-electron chi connectivity index (χ1n) is 6.97. The molecule has 0 fully saturated rings. The molecule has 2 rings (SSSR count). The number of halogens is 1. The van der Waals surface area contributed by atoms with Gasteiger partial charge in [-0.25, -0.2) is 9.18 Å². The van der Waals surface area contributed by atoms with E-state index in [1.807, 2.05) is 0 Å². The molecule has 5 nitrogen and oxygen atoms in total. The summed E-state index contributed by atoms with van der Waals surface area (Å²) in [5.41, 5.74) is 0.756. The van der Waals surface area contributed by atoms with Crippen molar-refractivity contribution in [1.29, 1.82) is 0 Å². The monoisotopic (exact) mass is 317 g/mol. The number of rotatable bonds is 5. The number of carbonyl (C=O) groups excluding carboxylic acids is 2. The molecule has 0 aliphatic heterocycles. The van der Waals surface area contributed by atoms with Crippen molar-refractivity contribution in [2.45, 2.75) is 19.1 Å². The number of aliphatic hydroxyl groups is 1. The van der Waals surface area contributed by atoms with Crippen molar-refractivity contribution in [2.75, 3.05) is 5.32 Å². The van der Waals surface area contributed by atoms with Crippen molar-refractivity contribution in [1.82, 2.24) is 0 Å². The lowest BCUT2D eigenvalue weighted by Gasteiger charge is -2.16. The lowest BCUT2D eigenvalue weighted by molar-refractivity contribution is -0.162. The van der Waals surface area contributed by atoms with Gasteiger partial charge in [-0.3, -0.25) is 4.79 Å². The van der Waals surface area contributed by atoms with Gasteiger partial charge in [-0.1, -0.05) is 30.3 Å². The predicted octanol–water partition coefficient (Wildman–Crippen LogP) is 2.43. The Morgan fingerprint density at radius 1 is 1.09 bits per heavy atom. The van der Waals surface area contributed by atoms with Gasteiger partial charge in [0.2, 0.25) is 0 Å². The standard InChI is InChI=1S/C17H16FNO4/c1-11(16(21)19-14-9-7-13(18)8-10-14)23-17(22)15(20)12-5-3-2-4-6-12/h2-11,15,20H,1H3,(H,19,21)/t11-,15+/m1/s1. The molecule has 0 heterocycles. The molecule has 0 aliphatic carbocycles. The highest BCUT2D eigenvalue weighted by Gasteiger charge is 2.24. The Bertz CT molecular complexity index is 673. The highest BCUT2D eigenvalue weighted by Crippen LogP contribution is 2.15. The van der Waals surface area contributed by atoms with E-state index >= 15 is 0 Å². The van der Waals surface area contributed by atoms with E-state index in [0.717, 1.165) is 0 Å². The molecule has 0 spiro atoms. The number of ether oxygens (including phenoxy) is 1. The van der Waals surface area contributed by atoms with E-state index in [2.05, 4.69) is 5.32 Å². The second kappa shape index (κ2) is 7.51. The normalized spacial score (nSPS) is 13.0. The molecule has 2 aromatic rings. The lowest BCUT2D eigenvalue weighted by Crippen LogP contribution is -2.31. The van der Waals surface area contributed by atoms with E-state index in [0.29, 0.717) is 11.3 Å². The minimum atomic E-state index is -1.46. The third-order valence-corrected chi connectivity index (χ3v) is 3.11. The molecule has 0 aromatic heterocycles. The molecule has 1 amide bonds. The Balaban J connectivity index is 1.92. The number of nitrogens with one attached hydrogen (secondary N) is 1. The van der Waals surface area contributed by atoms with Gasteiger partial charge in [-0.15, -0.1) is 0 Å². The molecule has 0 radical (unpaired) electrons. The first-order valence-corrected chi connectivity index (χ1v) is 6.97. The Kier molecular flexibility index (Phi) is 5.43. The number of esters is 1. The fraction of sp³-hybridized carbons (Fsp3) is 0.176. The molecule has 2 N–H and O–H groups in total. The van der Waals surface area contributed by atoms with Crippen LogP contribution in [-0.4, -0.2) is 23.1 Å². The molecule has 2 aromatic carbocycles. The summed E-state index contributed by atoms with van der Waals surface area (Å²) in [6, 6.07) is 13.4. The number of hydrogen-bond donors (Lipinski definition) is 2. The summed E-state index contributed by atoms with van der Waals surface area (Å²) in [4.78, 5) is 23.8. The zero-order valence-corrected chi connectivity index (χ0v) is 12.4. The smallest absolute Gasteiger partial charge is 0.340 e. The maximum Gasteiger partial charge on any atom is 0.340 e. The molecular formula is C17H16FNO4. The summed E-state index contributed by atoms with van der Waals surface area (Å²) >= 11 is 0. The van der Waals surface area contributed by atoms with Crippen LogP contribution < -0.4 is 5.32 Å². The predicted molar refractivity (Wildman–Crippen MR) is 82.0 cm³/mol. The molecule has 23 heavy (non-hydrogen) atoms. The van der Waals surface area contributed by atoms with Gasteiger partial charge < -0.3 is 15.2 Å². The first-order chi connectivity index (χ1) is 11.0. The zero-order valence-electron chi connectivity index (χ0n) is 12.4. The van der Waals surface area contributed by atoms with Crippen LogP contribution in [-0.2, 0) is 14.3 Å². The number of carbonyl (C=O) groups is 2. The highest BCUT2D eigenvalue weighted by atomic mass is 19.1. The first kappa shape index (κ1) is 16.6. The number of anilines is 1. The van der Waals surface area contributed by atoms with Crippen LogP contribution in [0.3, 0.4) is 0 Å². The summed E-state index contributed by atoms with van der Waals surface area (Å²) < 4.78 is 17.7. The summed E-state index contributed by atoms with van der Waals surface area (Å²) in [6.07, 6.45) is -2.57. The number of amides is 1. The van der Waals surface area contributed by atoms with Crippen LogP contribution >= 0.6 is 0 Å². The maximum absolute atomic E-state index is 12.8. The van der Waals surface area contributed by atoms with Crippen molar-refractivity contribution >= 4 is 17.6 Å². The van der Waals surface area contributed by atoms with E-state index in [4.69, 9.17) is 4.74 Å². The van der Waals surface area contributed by atoms with Gasteiger partial charge in [0, 0.05) is 5.69 Å². The Morgan fingerprint density at radius 2 is 1.70 bits per heavy atom. The number of hydrogen-bond acceptors (Lipinski definition) is 4. The van der Waals surface area contributed by atoms with Crippen LogP contribution in [0.5, 0.6) is 0 Å². The van der Waals surface area contributed by atoms with Gasteiger partial charge in [-0.05, 0) is 36.8 Å². The van der Waals surface area contributed by atoms with Crippen molar-refractivity contribution in [3.8, 4) is 0 Å². The van der Waals surface area contributed by atoms with Crippen LogP contribution in [0, 0.1) is 5.82 Å². The summed E-state index contributed by atoms with van der Waals surface area (Å²) in [5.74, 6) is -1.92. The minimum absolute atomic E-state index is 0.378. The molecule has 0 unspecified atom stereocenters. The molecule has 0 bridgehead atoms. The average molecular weight is 317 g/mol. The largest absolute Gasteiger partial charge is 0.450 e. The summed E-state index contributed by atoms with van der Waals surface area (Å²) in [5, 5.41) is 12.4. The molecule has 2 atom stereocenters. The van der Waals surface area contributed by atoms with Gasteiger partial charge in [0.15, 0.2) is 12.2 Å². The topological polar surface area (TPSA) is 75.6 Å². The van der Waals surface area contributed by atoms with Crippen LogP contribution in [0.2, 0.25) is 0 Å². The van der Waals surface area contributed by atoms with Crippen LogP contribution in [0.1, 0.15) is 18.6 Å². The van der Waals surface area contributed by atoms with Crippen molar-refractivity contribution < 1.29 is 23.8 Å². The Labute approximate surface area is 132 Å². The van der Waals surface area contributed by atoms with Crippen molar-refractivity contribution in [3.63, 3.8) is 0 Å². The van der Waals surface area contributed by atoms with E-state index < -0.39 is 29.9 Å². The third-order valence-electron chi connectivity index (χ3n) is 3.11. The fourth-order valence-corrected chi connectivity index (χ4v) is 1.84. The molecule has 6 heteroatoms.